The Hall–Kier alpha value is -3.22. The molecule has 1 unspecified atom stereocenters. The van der Waals surface area contributed by atoms with Gasteiger partial charge in [-0.25, -0.2) is 0 Å². The number of rotatable bonds is 6. The number of nitrogens with zero attached hydrogens (tertiary/aromatic N) is 1. The maximum absolute atomic E-state index is 12.9. The SMILES string of the molecule is COc1cc(NC(=O)C2CCC(=O)N2c2ccc(C)cc2)cc(OC)c1OC. The number of nitrogens with one attached hydrogen (secondary N) is 1. The lowest BCUT2D eigenvalue weighted by atomic mass is 10.1. The lowest BCUT2D eigenvalue weighted by molar-refractivity contribution is -0.120. The first-order valence-corrected chi connectivity index (χ1v) is 8.98. The van der Waals surface area contributed by atoms with E-state index < -0.39 is 6.04 Å². The molecule has 1 aliphatic rings. The van der Waals surface area contributed by atoms with Gasteiger partial charge in [-0.15, -0.1) is 0 Å². The first kappa shape index (κ1) is 19.5. The largest absolute Gasteiger partial charge is 0.493 e. The Labute approximate surface area is 164 Å². The molecular formula is C21H24N2O5. The molecule has 2 aromatic rings. The summed E-state index contributed by atoms with van der Waals surface area (Å²) < 4.78 is 15.9. The van der Waals surface area contributed by atoms with Crippen LogP contribution >= 0.6 is 0 Å². The molecular weight excluding hydrogens is 360 g/mol. The highest BCUT2D eigenvalue weighted by molar-refractivity contribution is 6.07. The van der Waals surface area contributed by atoms with Gasteiger partial charge in [-0.1, -0.05) is 17.7 Å². The van der Waals surface area contributed by atoms with Crippen molar-refractivity contribution in [3.05, 3.63) is 42.0 Å². The van der Waals surface area contributed by atoms with Gasteiger partial charge >= 0.3 is 0 Å². The molecule has 1 atom stereocenters. The van der Waals surface area contributed by atoms with Crippen molar-refractivity contribution in [2.45, 2.75) is 25.8 Å². The number of carbonyl (C=O) groups is 2. The molecule has 1 aliphatic heterocycles. The Bertz CT molecular complexity index is 854. The van der Waals surface area contributed by atoms with Crippen molar-refractivity contribution >= 4 is 23.2 Å². The molecule has 0 spiro atoms. The molecule has 1 saturated heterocycles. The Morgan fingerprint density at radius 2 is 1.64 bits per heavy atom. The van der Waals surface area contributed by atoms with E-state index in [-0.39, 0.29) is 11.8 Å². The lowest BCUT2D eigenvalue weighted by Crippen LogP contribution is -2.41. The quantitative estimate of drug-likeness (QED) is 0.828. The smallest absolute Gasteiger partial charge is 0.247 e. The number of methoxy groups -OCH3 is 3. The number of anilines is 2. The van der Waals surface area contributed by atoms with Gasteiger partial charge in [-0.3, -0.25) is 14.5 Å². The van der Waals surface area contributed by atoms with Crippen molar-refractivity contribution in [3.8, 4) is 17.2 Å². The first-order valence-electron chi connectivity index (χ1n) is 8.98. The van der Waals surface area contributed by atoms with Crippen molar-refractivity contribution < 1.29 is 23.8 Å². The van der Waals surface area contributed by atoms with Gasteiger partial charge < -0.3 is 19.5 Å². The van der Waals surface area contributed by atoms with E-state index in [0.717, 1.165) is 11.3 Å². The van der Waals surface area contributed by atoms with E-state index in [4.69, 9.17) is 14.2 Å². The molecule has 148 valence electrons. The number of benzene rings is 2. The van der Waals surface area contributed by atoms with Crippen LogP contribution in [0.5, 0.6) is 17.2 Å². The van der Waals surface area contributed by atoms with E-state index >= 15 is 0 Å². The topological polar surface area (TPSA) is 77.1 Å². The van der Waals surface area contributed by atoms with Crippen LogP contribution in [0.1, 0.15) is 18.4 Å². The van der Waals surface area contributed by atoms with Crippen LogP contribution in [0.3, 0.4) is 0 Å². The van der Waals surface area contributed by atoms with Gasteiger partial charge in [0.1, 0.15) is 6.04 Å². The third kappa shape index (κ3) is 3.74. The summed E-state index contributed by atoms with van der Waals surface area (Å²) in [4.78, 5) is 26.9. The van der Waals surface area contributed by atoms with Crippen molar-refractivity contribution in [2.24, 2.45) is 0 Å². The predicted octanol–water partition coefficient (Wildman–Crippen LogP) is 3.15. The van der Waals surface area contributed by atoms with Crippen molar-refractivity contribution in [2.75, 3.05) is 31.5 Å². The summed E-state index contributed by atoms with van der Waals surface area (Å²) in [6.07, 6.45) is 0.796. The van der Waals surface area contributed by atoms with Gasteiger partial charge in [0.05, 0.1) is 21.3 Å². The first-order chi connectivity index (χ1) is 13.5. The zero-order chi connectivity index (χ0) is 20.3. The molecule has 28 heavy (non-hydrogen) atoms. The molecule has 1 heterocycles. The fourth-order valence-electron chi connectivity index (χ4n) is 3.34. The number of aryl methyl sites for hydroxylation is 1. The normalized spacial score (nSPS) is 16.1. The highest BCUT2D eigenvalue weighted by atomic mass is 16.5. The lowest BCUT2D eigenvalue weighted by Gasteiger charge is -2.24. The zero-order valence-corrected chi connectivity index (χ0v) is 16.4. The Balaban J connectivity index is 1.85. The zero-order valence-electron chi connectivity index (χ0n) is 16.4. The summed E-state index contributed by atoms with van der Waals surface area (Å²) in [6.45, 7) is 1.98. The summed E-state index contributed by atoms with van der Waals surface area (Å²) in [6, 6.07) is 10.3. The van der Waals surface area contributed by atoms with Crippen LogP contribution in [0, 0.1) is 6.92 Å². The molecule has 0 saturated carbocycles. The van der Waals surface area contributed by atoms with Crippen LogP contribution in [-0.2, 0) is 9.59 Å². The second kappa shape index (κ2) is 8.21. The molecule has 1 N–H and O–H groups in total. The number of hydrogen-bond acceptors (Lipinski definition) is 5. The van der Waals surface area contributed by atoms with E-state index in [2.05, 4.69) is 5.32 Å². The van der Waals surface area contributed by atoms with Crippen molar-refractivity contribution in [3.63, 3.8) is 0 Å². The molecule has 1 fully saturated rings. The van der Waals surface area contributed by atoms with Gasteiger partial charge in [-0.2, -0.15) is 0 Å². The van der Waals surface area contributed by atoms with Gasteiger partial charge in [0.15, 0.2) is 11.5 Å². The number of hydrogen-bond donors (Lipinski definition) is 1. The van der Waals surface area contributed by atoms with Crippen molar-refractivity contribution in [1.82, 2.24) is 0 Å². The van der Waals surface area contributed by atoms with E-state index in [1.165, 1.54) is 21.3 Å². The molecule has 7 heteroatoms. The standard InChI is InChI=1S/C21H24N2O5/c1-13-5-7-15(8-6-13)23-16(9-10-19(23)24)21(25)22-14-11-17(26-2)20(28-4)18(12-14)27-3/h5-8,11-12,16H,9-10H2,1-4H3,(H,22,25). The fourth-order valence-corrected chi connectivity index (χ4v) is 3.34. The number of carbonyl (C=O) groups excluding carboxylic acids is 2. The molecule has 2 aromatic carbocycles. The second-order valence-corrected chi connectivity index (χ2v) is 6.56. The van der Waals surface area contributed by atoms with Gasteiger partial charge in [0.25, 0.3) is 0 Å². The number of amides is 2. The maximum Gasteiger partial charge on any atom is 0.247 e. The molecule has 0 radical (unpaired) electrons. The van der Waals surface area contributed by atoms with E-state index in [1.807, 2.05) is 31.2 Å². The summed E-state index contributed by atoms with van der Waals surface area (Å²) in [5.74, 6) is 1.000. The third-order valence-electron chi connectivity index (χ3n) is 4.76. The van der Waals surface area contributed by atoms with Crippen LogP contribution in [0.25, 0.3) is 0 Å². The average molecular weight is 384 g/mol. The Morgan fingerprint density at radius 3 is 2.18 bits per heavy atom. The molecule has 0 aromatic heterocycles. The minimum Gasteiger partial charge on any atom is -0.493 e. The molecule has 3 rings (SSSR count). The minimum absolute atomic E-state index is 0.0612. The van der Waals surface area contributed by atoms with Crippen LogP contribution < -0.4 is 24.4 Å². The molecule has 0 bridgehead atoms. The molecule has 7 nitrogen and oxygen atoms in total. The van der Waals surface area contributed by atoms with Gasteiger partial charge in [0, 0.05) is 29.9 Å². The van der Waals surface area contributed by atoms with Crippen LogP contribution in [0.15, 0.2) is 36.4 Å². The highest BCUT2D eigenvalue weighted by Crippen LogP contribution is 2.40. The van der Waals surface area contributed by atoms with Gasteiger partial charge in [0.2, 0.25) is 17.6 Å². The fraction of sp³-hybridized carbons (Fsp3) is 0.333. The average Bonchev–Trinajstić information content (AvgIpc) is 3.09. The molecule has 0 aliphatic carbocycles. The second-order valence-electron chi connectivity index (χ2n) is 6.56. The summed E-state index contributed by atoms with van der Waals surface area (Å²) >= 11 is 0. The predicted molar refractivity (Wildman–Crippen MR) is 106 cm³/mol. The number of ether oxygens (including phenoxy) is 3. The van der Waals surface area contributed by atoms with E-state index in [1.54, 1.807) is 17.0 Å². The highest BCUT2D eigenvalue weighted by Gasteiger charge is 2.37. The molecule has 2 amide bonds. The van der Waals surface area contributed by atoms with Crippen LogP contribution in [-0.4, -0.2) is 39.2 Å². The van der Waals surface area contributed by atoms with Crippen LogP contribution in [0.4, 0.5) is 11.4 Å². The summed E-state index contributed by atoms with van der Waals surface area (Å²) in [5, 5.41) is 2.87. The minimum atomic E-state index is -0.575. The monoisotopic (exact) mass is 384 g/mol. The van der Waals surface area contributed by atoms with E-state index in [0.29, 0.717) is 35.8 Å². The Kier molecular flexibility index (Phi) is 5.73. The van der Waals surface area contributed by atoms with Crippen molar-refractivity contribution in [1.29, 1.82) is 0 Å². The summed E-state index contributed by atoms with van der Waals surface area (Å²) in [5.41, 5.74) is 2.31. The third-order valence-corrected chi connectivity index (χ3v) is 4.76. The summed E-state index contributed by atoms with van der Waals surface area (Å²) in [7, 11) is 4.54. The van der Waals surface area contributed by atoms with Gasteiger partial charge in [-0.05, 0) is 25.5 Å². The Morgan fingerprint density at radius 1 is 1.04 bits per heavy atom. The van der Waals surface area contributed by atoms with Crippen LogP contribution in [0.2, 0.25) is 0 Å². The maximum atomic E-state index is 12.9. The van der Waals surface area contributed by atoms with E-state index in [9.17, 15) is 9.59 Å².